The number of fused-ring (bicyclic) bond motifs is 4. The van der Waals surface area contributed by atoms with Gasteiger partial charge in [0.15, 0.2) is 0 Å². The molecule has 1 saturated heterocycles. The molecule has 1 aromatic rings. The van der Waals surface area contributed by atoms with E-state index in [2.05, 4.69) is 18.2 Å². The zero-order valence-electron chi connectivity index (χ0n) is 16.3. The minimum atomic E-state index is -1.23. The summed E-state index contributed by atoms with van der Waals surface area (Å²) in [6, 6.07) is 7.25. The predicted octanol–water partition coefficient (Wildman–Crippen LogP) is 3.36. The van der Waals surface area contributed by atoms with E-state index in [1.807, 2.05) is 38.1 Å². The zero-order valence-corrected chi connectivity index (χ0v) is 16.3. The van der Waals surface area contributed by atoms with Crippen molar-refractivity contribution in [2.45, 2.75) is 31.9 Å². The van der Waals surface area contributed by atoms with Gasteiger partial charge in [-0.3, -0.25) is 4.79 Å². The van der Waals surface area contributed by atoms with E-state index in [0.29, 0.717) is 12.2 Å². The second kappa shape index (κ2) is 6.66. The van der Waals surface area contributed by atoms with E-state index in [0.717, 1.165) is 11.1 Å². The monoisotopic (exact) mass is 379 g/mol. The van der Waals surface area contributed by atoms with Crippen LogP contribution in [0.15, 0.2) is 60.2 Å². The zero-order chi connectivity index (χ0) is 20.1. The highest BCUT2D eigenvalue weighted by Crippen LogP contribution is 2.49. The molecule has 2 aliphatic carbocycles. The summed E-state index contributed by atoms with van der Waals surface area (Å²) in [6.45, 7) is 4.00. The summed E-state index contributed by atoms with van der Waals surface area (Å²) in [6.07, 6.45) is 9.73. The number of nitrogens with zero attached hydrogens (tertiary/aromatic N) is 1. The summed E-state index contributed by atoms with van der Waals surface area (Å²) in [4.78, 5) is 27.2. The molecule has 1 aliphatic heterocycles. The molecule has 1 N–H and O–H groups in total. The lowest BCUT2D eigenvalue weighted by Crippen LogP contribution is -2.63. The highest BCUT2D eigenvalue weighted by atomic mass is 16.5. The first kappa shape index (κ1) is 18.5. The first-order chi connectivity index (χ1) is 13.3. The van der Waals surface area contributed by atoms with E-state index in [9.17, 15) is 14.7 Å². The minimum Gasteiger partial charge on any atom is -0.478 e. The largest absolute Gasteiger partial charge is 0.478 e. The molecule has 5 nitrogen and oxygen atoms in total. The number of ether oxygens (including phenoxy) is 1. The van der Waals surface area contributed by atoms with E-state index in [1.165, 1.54) is 0 Å². The van der Waals surface area contributed by atoms with Crippen LogP contribution >= 0.6 is 0 Å². The Balaban J connectivity index is 1.74. The van der Waals surface area contributed by atoms with Gasteiger partial charge in [0, 0.05) is 13.0 Å². The number of piperidine rings is 1. The van der Waals surface area contributed by atoms with E-state index in [1.54, 1.807) is 24.1 Å². The topological polar surface area (TPSA) is 66.8 Å². The first-order valence-electron chi connectivity index (χ1n) is 9.61. The molecule has 0 saturated carbocycles. The molecule has 146 valence electrons. The Morgan fingerprint density at radius 1 is 1.29 bits per heavy atom. The van der Waals surface area contributed by atoms with Gasteiger partial charge in [-0.1, -0.05) is 48.1 Å². The van der Waals surface area contributed by atoms with Gasteiger partial charge in [-0.2, -0.15) is 0 Å². The van der Waals surface area contributed by atoms with E-state index in [-0.39, 0.29) is 17.7 Å². The van der Waals surface area contributed by atoms with Gasteiger partial charge in [0.2, 0.25) is 12.0 Å². The first-order valence-corrected chi connectivity index (χ1v) is 9.61. The van der Waals surface area contributed by atoms with Crippen molar-refractivity contribution in [2.24, 2.45) is 17.8 Å². The number of benzene rings is 1. The lowest BCUT2D eigenvalue weighted by molar-refractivity contribution is -0.165. The maximum Gasteiger partial charge on any atom is 0.345 e. The third kappa shape index (κ3) is 2.95. The second-order valence-corrected chi connectivity index (χ2v) is 8.25. The summed E-state index contributed by atoms with van der Waals surface area (Å²) < 4.78 is 5.88. The van der Waals surface area contributed by atoms with E-state index >= 15 is 0 Å². The van der Waals surface area contributed by atoms with Crippen molar-refractivity contribution < 1.29 is 19.4 Å². The molecular weight excluding hydrogens is 354 g/mol. The number of carbonyl (C=O) groups excluding carboxylic acids is 1. The number of allylic oxidation sites excluding steroid dienone is 5. The van der Waals surface area contributed by atoms with Gasteiger partial charge in [-0.25, -0.2) is 4.79 Å². The van der Waals surface area contributed by atoms with Crippen molar-refractivity contribution in [2.75, 3.05) is 7.05 Å². The Hall–Kier alpha value is -2.82. The van der Waals surface area contributed by atoms with Gasteiger partial charge < -0.3 is 14.7 Å². The maximum atomic E-state index is 13.3. The third-order valence-corrected chi connectivity index (χ3v) is 6.39. The molecule has 5 atom stereocenters. The fraction of sp³-hybridized carbons (Fsp3) is 0.391. The molecule has 5 unspecified atom stereocenters. The van der Waals surface area contributed by atoms with Gasteiger partial charge in [0.05, 0.1) is 11.5 Å². The molecule has 28 heavy (non-hydrogen) atoms. The summed E-state index contributed by atoms with van der Waals surface area (Å²) in [5.74, 6) is -1.65. The Morgan fingerprint density at radius 3 is 2.68 bits per heavy atom. The molecule has 1 amide bonds. The number of carboxylic acids is 1. The van der Waals surface area contributed by atoms with Gasteiger partial charge in [0.25, 0.3) is 0 Å². The molecule has 2 bridgehead atoms. The average Bonchev–Trinajstić information content (AvgIpc) is 2.67. The second-order valence-electron chi connectivity index (χ2n) is 8.25. The number of likely N-dealkylation sites (N-methyl/N-ethyl adjacent to an activating group) is 1. The Kier molecular flexibility index (Phi) is 4.41. The molecule has 3 aliphatic rings. The number of carbonyl (C=O) groups is 2. The van der Waals surface area contributed by atoms with E-state index in [4.69, 9.17) is 4.74 Å². The lowest BCUT2D eigenvalue weighted by Gasteiger charge is -2.53. The smallest absolute Gasteiger partial charge is 0.345 e. The number of hydrogen-bond acceptors (Lipinski definition) is 3. The molecule has 0 spiro atoms. The molecular formula is C23H25NO4. The number of likely N-dealkylation sites (tertiary alicyclic amines) is 1. The quantitative estimate of drug-likeness (QED) is 0.871. The van der Waals surface area contributed by atoms with Crippen molar-refractivity contribution in [3.8, 4) is 5.75 Å². The fourth-order valence-corrected chi connectivity index (χ4v) is 4.77. The average molecular weight is 379 g/mol. The molecule has 4 rings (SSSR count). The Morgan fingerprint density at radius 2 is 2.00 bits per heavy atom. The van der Waals surface area contributed by atoms with Crippen molar-refractivity contribution in [1.82, 2.24) is 4.90 Å². The van der Waals surface area contributed by atoms with Crippen molar-refractivity contribution in [1.29, 1.82) is 0 Å². The van der Waals surface area contributed by atoms with E-state index < -0.39 is 23.5 Å². The number of aliphatic carboxylic acids is 1. The molecule has 5 heteroatoms. The SMILES string of the molecule is Cc1ccc(OC(C(=O)O)C2C(=O)N(C)C3(C)C=C4C=CC=CC4C2C3)cc1. The lowest BCUT2D eigenvalue weighted by atomic mass is 9.61. The number of rotatable bonds is 4. The highest BCUT2D eigenvalue weighted by molar-refractivity contribution is 5.88. The Labute approximate surface area is 165 Å². The highest BCUT2D eigenvalue weighted by Gasteiger charge is 2.55. The van der Waals surface area contributed by atoms with Gasteiger partial charge in [0.1, 0.15) is 5.75 Å². The summed E-state index contributed by atoms with van der Waals surface area (Å²) in [5, 5.41) is 9.96. The van der Waals surface area contributed by atoms with Crippen molar-refractivity contribution >= 4 is 11.9 Å². The number of carboxylic acid groups (broad SMARTS) is 1. The van der Waals surface area contributed by atoms with Crippen molar-refractivity contribution in [3.05, 3.63) is 65.8 Å². The maximum absolute atomic E-state index is 13.3. The number of hydrogen-bond donors (Lipinski definition) is 1. The predicted molar refractivity (Wildman–Crippen MR) is 106 cm³/mol. The summed E-state index contributed by atoms with van der Waals surface area (Å²) >= 11 is 0. The fourth-order valence-electron chi connectivity index (χ4n) is 4.77. The van der Waals surface area contributed by atoms with Gasteiger partial charge >= 0.3 is 5.97 Å². The van der Waals surface area contributed by atoms with Crippen LogP contribution in [0, 0.1) is 24.7 Å². The van der Waals surface area contributed by atoms with Crippen LogP contribution in [-0.4, -0.2) is 40.6 Å². The van der Waals surface area contributed by atoms with Gasteiger partial charge in [-0.15, -0.1) is 0 Å². The summed E-state index contributed by atoms with van der Waals surface area (Å²) in [5.41, 5.74) is 1.79. The minimum absolute atomic E-state index is 0.0317. The molecule has 1 heterocycles. The molecule has 0 radical (unpaired) electrons. The number of amides is 1. The van der Waals surface area contributed by atoms with Crippen LogP contribution in [0.25, 0.3) is 0 Å². The Bertz CT molecular complexity index is 898. The van der Waals surface area contributed by atoms with Crippen LogP contribution in [0.2, 0.25) is 0 Å². The van der Waals surface area contributed by atoms with Crippen LogP contribution in [0.4, 0.5) is 0 Å². The third-order valence-electron chi connectivity index (χ3n) is 6.39. The number of aryl methyl sites for hydroxylation is 1. The van der Waals surface area contributed by atoms with Crippen LogP contribution in [0.5, 0.6) is 5.75 Å². The summed E-state index contributed by atoms with van der Waals surface area (Å²) in [7, 11) is 1.76. The van der Waals surface area contributed by atoms with Crippen LogP contribution in [0.1, 0.15) is 18.9 Å². The standard InChI is InChI=1S/C23H25NO4/c1-14-8-10-16(11-9-14)28-20(22(26)27)19-18-13-23(2,24(3)21(19)25)12-15-6-4-5-7-17(15)18/h4-12,17-20H,13H2,1-3H3,(H,26,27). The molecule has 0 aromatic heterocycles. The van der Waals surface area contributed by atoms with Crippen LogP contribution < -0.4 is 4.74 Å². The molecule has 1 aromatic carbocycles. The van der Waals surface area contributed by atoms with Crippen LogP contribution in [0.3, 0.4) is 0 Å². The van der Waals surface area contributed by atoms with Crippen LogP contribution in [-0.2, 0) is 9.59 Å². The molecule has 1 fully saturated rings. The van der Waals surface area contributed by atoms with Gasteiger partial charge in [-0.05, 0) is 43.9 Å². The normalized spacial score (nSPS) is 31.8. The van der Waals surface area contributed by atoms with Crippen molar-refractivity contribution in [3.63, 3.8) is 0 Å².